The molecule has 0 aromatic rings. The van der Waals surface area contributed by atoms with Gasteiger partial charge >= 0.3 is 0 Å². The number of nitrogens with one attached hydrogen (secondary N) is 1. The maximum absolute atomic E-state index is 8.00. The van der Waals surface area contributed by atoms with Crippen molar-refractivity contribution in [3.8, 4) is 0 Å². The van der Waals surface area contributed by atoms with Gasteiger partial charge in [0.05, 0.1) is 0 Å². The van der Waals surface area contributed by atoms with E-state index in [1.165, 1.54) is 32.4 Å². The summed E-state index contributed by atoms with van der Waals surface area (Å²) in [5.74, 6) is 0. The molecular weight excluding hydrogens is 190 g/mol. The highest BCUT2D eigenvalue weighted by Gasteiger charge is 2.23. The van der Waals surface area contributed by atoms with Crippen molar-refractivity contribution in [1.82, 2.24) is 5.32 Å². The average molecular weight is 219 g/mol. The third-order valence-electron chi connectivity index (χ3n) is 2.66. The topological polar surface area (TPSA) is 49.3 Å². The molecule has 0 amide bonds. The minimum atomic E-state index is 0.658. The molecule has 1 rings (SSSR count). The molecule has 0 atom stereocenters. The van der Waals surface area contributed by atoms with E-state index in [0.717, 1.165) is 7.11 Å². The summed E-state index contributed by atoms with van der Waals surface area (Å²) in [7, 11) is 1.00. The molecule has 1 saturated heterocycles. The SMILES string of the molecule is C=O.CC.CCC1(C)CCNCC1.CO. The Labute approximate surface area is 95.3 Å². The van der Waals surface area contributed by atoms with Gasteiger partial charge in [-0.2, -0.15) is 0 Å². The summed E-state index contributed by atoms with van der Waals surface area (Å²) in [6, 6.07) is 0. The van der Waals surface area contributed by atoms with E-state index in [2.05, 4.69) is 19.2 Å². The zero-order valence-corrected chi connectivity index (χ0v) is 11.1. The first-order chi connectivity index (χ1) is 7.27. The molecule has 15 heavy (non-hydrogen) atoms. The predicted molar refractivity (Wildman–Crippen MR) is 67.1 cm³/mol. The molecular formula is C12H29NO2. The Balaban J connectivity index is -0.000000208. The second-order valence-electron chi connectivity index (χ2n) is 3.41. The van der Waals surface area contributed by atoms with Crippen LogP contribution in [0.5, 0.6) is 0 Å². The third-order valence-corrected chi connectivity index (χ3v) is 2.66. The lowest BCUT2D eigenvalue weighted by molar-refractivity contribution is -0.0979. The maximum atomic E-state index is 8.00. The van der Waals surface area contributed by atoms with Crippen LogP contribution in [0, 0.1) is 5.41 Å². The van der Waals surface area contributed by atoms with Gasteiger partial charge in [0.1, 0.15) is 6.79 Å². The fourth-order valence-electron chi connectivity index (χ4n) is 1.38. The summed E-state index contributed by atoms with van der Waals surface area (Å²) in [6.07, 6.45) is 4.07. The lowest BCUT2D eigenvalue weighted by Crippen LogP contribution is -2.34. The van der Waals surface area contributed by atoms with Crippen molar-refractivity contribution in [3.05, 3.63) is 0 Å². The summed E-state index contributed by atoms with van der Waals surface area (Å²) >= 11 is 0. The third kappa shape index (κ3) is 11.5. The van der Waals surface area contributed by atoms with E-state index in [1.807, 2.05) is 20.6 Å². The highest BCUT2D eigenvalue weighted by atomic mass is 16.2. The van der Waals surface area contributed by atoms with Crippen molar-refractivity contribution < 1.29 is 9.90 Å². The standard InChI is InChI=1S/C8H17N.C2H6.CH4O.CH2O/c1-3-8(2)4-6-9-7-5-8;3*1-2/h9H,3-7H2,1-2H3;1-2H3;2H,1H3;1H2. The van der Waals surface area contributed by atoms with E-state index in [-0.39, 0.29) is 0 Å². The van der Waals surface area contributed by atoms with Crippen molar-refractivity contribution in [1.29, 1.82) is 0 Å². The van der Waals surface area contributed by atoms with Gasteiger partial charge in [0, 0.05) is 7.11 Å². The van der Waals surface area contributed by atoms with Gasteiger partial charge in [-0.1, -0.05) is 34.1 Å². The monoisotopic (exact) mass is 219 g/mol. The van der Waals surface area contributed by atoms with Gasteiger partial charge in [0.25, 0.3) is 0 Å². The van der Waals surface area contributed by atoms with Gasteiger partial charge in [-0.25, -0.2) is 0 Å². The quantitative estimate of drug-likeness (QED) is 0.711. The Morgan fingerprint density at radius 3 is 1.73 bits per heavy atom. The van der Waals surface area contributed by atoms with Gasteiger partial charge in [-0.3, -0.25) is 0 Å². The van der Waals surface area contributed by atoms with Crippen LogP contribution in [0.2, 0.25) is 0 Å². The molecule has 0 bridgehead atoms. The van der Waals surface area contributed by atoms with E-state index in [9.17, 15) is 0 Å². The van der Waals surface area contributed by atoms with Crippen LogP contribution in [-0.2, 0) is 4.79 Å². The Hall–Kier alpha value is -0.410. The molecule has 1 heterocycles. The molecule has 0 spiro atoms. The lowest BCUT2D eigenvalue weighted by atomic mass is 9.79. The van der Waals surface area contributed by atoms with Crippen LogP contribution in [0.1, 0.15) is 47.0 Å². The van der Waals surface area contributed by atoms with Crippen LogP contribution in [0.4, 0.5) is 0 Å². The number of carbonyl (C=O) groups is 1. The molecule has 3 nitrogen and oxygen atoms in total. The number of piperidine rings is 1. The lowest BCUT2D eigenvalue weighted by Gasteiger charge is -2.32. The van der Waals surface area contributed by atoms with E-state index < -0.39 is 0 Å². The maximum Gasteiger partial charge on any atom is 0.106 e. The van der Waals surface area contributed by atoms with Crippen LogP contribution in [0.25, 0.3) is 0 Å². The molecule has 1 fully saturated rings. The van der Waals surface area contributed by atoms with E-state index in [0.29, 0.717) is 5.41 Å². The summed E-state index contributed by atoms with van der Waals surface area (Å²) in [6.45, 7) is 13.1. The fourth-order valence-corrected chi connectivity index (χ4v) is 1.38. The van der Waals surface area contributed by atoms with Crippen molar-refractivity contribution in [2.24, 2.45) is 5.41 Å². The minimum Gasteiger partial charge on any atom is -0.400 e. The molecule has 0 aliphatic carbocycles. The molecule has 94 valence electrons. The zero-order chi connectivity index (χ0) is 12.7. The zero-order valence-electron chi connectivity index (χ0n) is 11.1. The normalized spacial score (nSPS) is 16.7. The first-order valence-corrected chi connectivity index (χ1v) is 5.71. The highest BCUT2D eigenvalue weighted by molar-refractivity contribution is 5.10. The van der Waals surface area contributed by atoms with Crippen molar-refractivity contribution >= 4 is 6.79 Å². The van der Waals surface area contributed by atoms with Crippen LogP contribution < -0.4 is 5.32 Å². The number of hydrogen-bond donors (Lipinski definition) is 2. The first kappa shape index (κ1) is 20.1. The summed E-state index contributed by atoms with van der Waals surface area (Å²) < 4.78 is 0. The predicted octanol–water partition coefficient (Wildman–Crippen LogP) is 2.24. The molecule has 0 radical (unpaired) electrons. The minimum absolute atomic E-state index is 0.658. The molecule has 0 aromatic carbocycles. The van der Waals surface area contributed by atoms with Crippen LogP contribution in [0.3, 0.4) is 0 Å². The molecule has 0 saturated carbocycles. The Bertz CT molecular complexity index is 102. The molecule has 3 heteroatoms. The van der Waals surface area contributed by atoms with Gasteiger partial charge in [-0.15, -0.1) is 0 Å². The molecule has 2 N–H and O–H groups in total. The van der Waals surface area contributed by atoms with E-state index in [4.69, 9.17) is 9.90 Å². The Morgan fingerprint density at radius 2 is 1.53 bits per heavy atom. The number of carbonyl (C=O) groups excluding carboxylic acids is 1. The van der Waals surface area contributed by atoms with E-state index in [1.54, 1.807) is 0 Å². The van der Waals surface area contributed by atoms with Gasteiger partial charge < -0.3 is 15.2 Å². The van der Waals surface area contributed by atoms with Crippen LogP contribution in [-0.4, -0.2) is 32.1 Å². The summed E-state index contributed by atoms with van der Waals surface area (Å²) in [5.41, 5.74) is 0.658. The van der Waals surface area contributed by atoms with Crippen molar-refractivity contribution in [2.75, 3.05) is 20.2 Å². The number of rotatable bonds is 1. The van der Waals surface area contributed by atoms with Crippen molar-refractivity contribution in [3.63, 3.8) is 0 Å². The molecule has 0 aromatic heterocycles. The molecule has 0 unspecified atom stereocenters. The van der Waals surface area contributed by atoms with Gasteiger partial charge in [0.15, 0.2) is 0 Å². The average Bonchev–Trinajstić information content (AvgIpc) is 2.38. The number of aliphatic hydroxyl groups is 1. The fraction of sp³-hybridized carbons (Fsp3) is 0.917. The second-order valence-corrected chi connectivity index (χ2v) is 3.41. The second kappa shape index (κ2) is 16.0. The summed E-state index contributed by atoms with van der Waals surface area (Å²) in [4.78, 5) is 8.00. The Kier molecular flexibility index (Phi) is 21.4. The molecule has 1 aliphatic rings. The summed E-state index contributed by atoms with van der Waals surface area (Å²) in [5, 5.41) is 10.4. The first-order valence-electron chi connectivity index (χ1n) is 5.71. The smallest absolute Gasteiger partial charge is 0.106 e. The molecule has 1 aliphatic heterocycles. The van der Waals surface area contributed by atoms with Gasteiger partial charge in [0.2, 0.25) is 0 Å². The number of hydrogen-bond acceptors (Lipinski definition) is 3. The largest absolute Gasteiger partial charge is 0.400 e. The Morgan fingerprint density at radius 1 is 1.20 bits per heavy atom. The van der Waals surface area contributed by atoms with Crippen molar-refractivity contribution in [2.45, 2.75) is 47.0 Å². The van der Waals surface area contributed by atoms with Crippen LogP contribution in [0.15, 0.2) is 0 Å². The van der Waals surface area contributed by atoms with Crippen LogP contribution >= 0.6 is 0 Å². The van der Waals surface area contributed by atoms with E-state index >= 15 is 0 Å². The highest BCUT2D eigenvalue weighted by Crippen LogP contribution is 2.30. The number of aliphatic hydroxyl groups excluding tert-OH is 1. The van der Waals surface area contributed by atoms with Gasteiger partial charge in [-0.05, 0) is 31.3 Å².